The molecule has 1 aromatic rings. The fourth-order valence-corrected chi connectivity index (χ4v) is 1.84. The van der Waals surface area contributed by atoms with Gasteiger partial charge in [0.1, 0.15) is 16.6 Å². The van der Waals surface area contributed by atoms with Gasteiger partial charge in [-0.3, -0.25) is 0 Å². The van der Waals surface area contributed by atoms with E-state index in [9.17, 15) is 0 Å². The second kappa shape index (κ2) is 4.74. The highest BCUT2D eigenvalue weighted by molar-refractivity contribution is 6.34. The predicted molar refractivity (Wildman–Crippen MR) is 54.1 cm³/mol. The van der Waals surface area contributed by atoms with Crippen molar-refractivity contribution in [3.05, 3.63) is 22.2 Å². The van der Waals surface area contributed by atoms with Gasteiger partial charge in [0.15, 0.2) is 0 Å². The Balaban J connectivity index is 2.98. The number of hydrogen-bond donors (Lipinski definition) is 1. The number of nitrogens with zero attached hydrogens (tertiary/aromatic N) is 2. The molecule has 0 aliphatic carbocycles. The maximum Gasteiger partial charge on any atom is 0.137 e. The van der Waals surface area contributed by atoms with Crippen molar-refractivity contribution in [2.45, 2.75) is 19.3 Å². The molecule has 0 bridgehead atoms. The molecular weight excluding hydrogens is 209 g/mol. The third kappa shape index (κ3) is 2.53. The molecule has 0 saturated heterocycles. The van der Waals surface area contributed by atoms with Crippen molar-refractivity contribution >= 4 is 23.2 Å². The number of halogens is 2. The summed E-state index contributed by atoms with van der Waals surface area (Å²) in [6.07, 6.45) is 2.18. The van der Waals surface area contributed by atoms with Crippen molar-refractivity contribution < 1.29 is 0 Å². The van der Waals surface area contributed by atoms with Crippen LogP contribution in [0.3, 0.4) is 0 Å². The van der Waals surface area contributed by atoms with Crippen LogP contribution in [0, 0.1) is 0 Å². The van der Waals surface area contributed by atoms with Crippen LogP contribution in [0.2, 0.25) is 10.3 Å². The molecule has 0 radical (unpaired) electrons. The maximum atomic E-state index is 5.88. The molecule has 0 amide bonds. The zero-order chi connectivity index (χ0) is 9.84. The van der Waals surface area contributed by atoms with E-state index in [0.29, 0.717) is 16.9 Å². The van der Waals surface area contributed by atoms with Gasteiger partial charge in [0.05, 0.1) is 0 Å². The van der Waals surface area contributed by atoms with Crippen LogP contribution in [0.4, 0.5) is 0 Å². The van der Waals surface area contributed by atoms with Gasteiger partial charge in [-0.2, -0.15) is 0 Å². The Hall–Kier alpha value is -0.380. The molecule has 13 heavy (non-hydrogen) atoms. The van der Waals surface area contributed by atoms with E-state index in [1.54, 1.807) is 0 Å². The first-order valence-corrected chi connectivity index (χ1v) is 4.78. The summed E-state index contributed by atoms with van der Waals surface area (Å²) in [4.78, 5) is 7.74. The van der Waals surface area contributed by atoms with Gasteiger partial charge in [0, 0.05) is 5.56 Å². The van der Waals surface area contributed by atoms with Crippen LogP contribution in [0.5, 0.6) is 0 Å². The van der Waals surface area contributed by atoms with Crippen LogP contribution in [0.15, 0.2) is 6.33 Å². The van der Waals surface area contributed by atoms with Gasteiger partial charge in [-0.1, -0.05) is 30.1 Å². The van der Waals surface area contributed by atoms with Gasteiger partial charge < -0.3 is 5.73 Å². The van der Waals surface area contributed by atoms with Gasteiger partial charge in [0.2, 0.25) is 0 Å². The van der Waals surface area contributed by atoms with E-state index < -0.39 is 0 Å². The maximum absolute atomic E-state index is 5.88. The minimum Gasteiger partial charge on any atom is -0.330 e. The number of hydrogen-bond acceptors (Lipinski definition) is 3. The lowest BCUT2D eigenvalue weighted by Gasteiger charge is -2.12. The standard InChI is InChI=1S/C8H11Cl2N3/c1-5(2-3-11)6-7(9)12-4-13-8(6)10/h4-5H,2-3,11H2,1H3. The van der Waals surface area contributed by atoms with Crippen molar-refractivity contribution in [3.8, 4) is 0 Å². The molecule has 1 rings (SSSR count). The van der Waals surface area contributed by atoms with Crippen molar-refractivity contribution in [1.82, 2.24) is 9.97 Å². The Morgan fingerprint density at radius 1 is 1.38 bits per heavy atom. The Bertz CT molecular complexity index is 270. The molecule has 1 atom stereocenters. The van der Waals surface area contributed by atoms with E-state index in [2.05, 4.69) is 9.97 Å². The van der Waals surface area contributed by atoms with E-state index in [-0.39, 0.29) is 5.92 Å². The SMILES string of the molecule is CC(CCN)c1c(Cl)ncnc1Cl. The molecule has 0 saturated carbocycles. The molecule has 1 aromatic heterocycles. The number of aromatic nitrogens is 2. The summed E-state index contributed by atoms with van der Waals surface area (Å²) in [7, 11) is 0. The lowest BCUT2D eigenvalue weighted by atomic mass is 10.0. The highest BCUT2D eigenvalue weighted by Gasteiger charge is 2.14. The normalized spacial score (nSPS) is 12.9. The van der Waals surface area contributed by atoms with Crippen LogP contribution in [-0.4, -0.2) is 16.5 Å². The quantitative estimate of drug-likeness (QED) is 0.794. The molecule has 72 valence electrons. The van der Waals surface area contributed by atoms with E-state index in [0.717, 1.165) is 12.0 Å². The summed E-state index contributed by atoms with van der Waals surface area (Å²) in [5, 5.41) is 0.835. The molecule has 0 aliphatic heterocycles. The molecule has 3 nitrogen and oxygen atoms in total. The van der Waals surface area contributed by atoms with Crippen LogP contribution in [-0.2, 0) is 0 Å². The van der Waals surface area contributed by atoms with Crippen molar-refractivity contribution in [2.24, 2.45) is 5.73 Å². The molecule has 1 heterocycles. The monoisotopic (exact) mass is 219 g/mol. The third-order valence-corrected chi connectivity index (χ3v) is 2.48. The van der Waals surface area contributed by atoms with Crippen molar-refractivity contribution in [3.63, 3.8) is 0 Å². The van der Waals surface area contributed by atoms with Gasteiger partial charge in [0.25, 0.3) is 0 Å². The second-order valence-corrected chi connectivity index (χ2v) is 3.56. The second-order valence-electron chi connectivity index (χ2n) is 2.85. The van der Waals surface area contributed by atoms with Gasteiger partial charge >= 0.3 is 0 Å². The molecule has 2 N–H and O–H groups in total. The van der Waals surface area contributed by atoms with Gasteiger partial charge in [-0.15, -0.1) is 0 Å². The predicted octanol–water partition coefficient (Wildman–Crippen LogP) is 2.24. The average Bonchev–Trinajstić information content (AvgIpc) is 2.04. The van der Waals surface area contributed by atoms with Crippen LogP contribution in [0.25, 0.3) is 0 Å². The van der Waals surface area contributed by atoms with Crippen LogP contribution >= 0.6 is 23.2 Å². The Morgan fingerprint density at radius 2 is 1.92 bits per heavy atom. The molecule has 5 heteroatoms. The first kappa shape index (κ1) is 10.7. The minimum atomic E-state index is 0.200. The molecule has 0 aromatic carbocycles. The molecule has 0 spiro atoms. The fraction of sp³-hybridized carbons (Fsp3) is 0.500. The summed E-state index contributed by atoms with van der Waals surface area (Å²) >= 11 is 11.8. The van der Waals surface area contributed by atoms with E-state index in [1.807, 2.05) is 6.92 Å². The van der Waals surface area contributed by atoms with Crippen molar-refractivity contribution in [2.75, 3.05) is 6.54 Å². The van der Waals surface area contributed by atoms with Crippen LogP contribution in [0.1, 0.15) is 24.8 Å². The zero-order valence-corrected chi connectivity index (χ0v) is 8.81. The minimum absolute atomic E-state index is 0.200. The largest absolute Gasteiger partial charge is 0.330 e. The summed E-state index contributed by atoms with van der Waals surface area (Å²) in [5.74, 6) is 0.200. The summed E-state index contributed by atoms with van der Waals surface area (Å²) in [6.45, 7) is 2.60. The first-order chi connectivity index (χ1) is 6.16. The first-order valence-electron chi connectivity index (χ1n) is 4.02. The van der Waals surface area contributed by atoms with E-state index in [1.165, 1.54) is 6.33 Å². The summed E-state index contributed by atoms with van der Waals surface area (Å²) < 4.78 is 0. The summed E-state index contributed by atoms with van der Waals surface area (Å²) in [6, 6.07) is 0. The molecule has 1 unspecified atom stereocenters. The Kier molecular flexibility index (Phi) is 3.90. The highest BCUT2D eigenvalue weighted by atomic mass is 35.5. The Labute approximate surface area is 87.3 Å². The third-order valence-electron chi connectivity index (χ3n) is 1.88. The van der Waals surface area contributed by atoms with Gasteiger partial charge in [-0.05, 0) is 18.9 Å². The van der Waals surface area contributed by atoms with Gasteiger partial charge in [-0.25, -0.2) is 9.97 Å². The topological polar surface area (TPSA) is 51.8 Å². The molecule has 0 fully saturated rings. The fourth-order valence-electron chi connectivity index (χ4n) is 1.16. The molecule has 0 aliphatic rings. The summed E-state index contributed by atoms with van der Waals surface area (Å²) in [5.41, 5.74) is 6.23. The highest BCUT2D eigenvalue weighted by Crippen LogP contribution is 2.29. The average molecular weight is 220 g/mol. The number of nitrogens with two attached hydrogens (primary N) is 1. The number of rotatable bonds is 3. The van der Waals surface area contributed by atoms with Crippen LogP contribution < -0.4 is 5.73 Å². The van der Waals surface area contributed by atoms with Crippen molar-refractivity contribution in [1.29, 1.82) is 0 Å². The molecular formula is C8H11Cl2N3. The van der Waals surface area contributed by atoms with E-state index in [4.69, 9.17) is 28.9 Å². The lowest BCUT2D eigenvalue weighted by Crippen LogP contribution is -2.06. The zero-order valence-electron chi connectivity index (χ0n) is 7.30. The lowest BCUT2D eigenvalue weighted by molar-refractivity contribution is 0.684. The smallest absolute Gasteiger partial charge is 0.137 e. The Morgan fingerprint density at radius 3 is 2.38 bits per heavy atom. The van der Waals surface area contributed by atoms with E-state index >= 15 is 0 Å².